The number of nitrogens with zero attached hydrogens (tertiary/aromatic N) is 1. The van der Waals surface area contributed by atoms with Crippen molar-refractivity contribution in [3.8, 4) is 0 Å². The molecule has 1 N–H and O–H groups in total. The first kappa shape index (κ1) is 11.3. The van der Waals surface area contributed by atoms with Gasteiger partial charge < -0.3 is 5.32 Å². The zero-order valence-corrected chi connectivity index (χ0v) is 10.0. The molecule has 0 aliphatic heterocycles. The van der Waals surface area contributed by atoms with E-state index < -0.39 is 0 Å². The van der Waals surface area contributed by atoms with Gasteiger partial charge in [-0.2, -0.15) is 0 Å². The molecule has 0 bridgehead atoms. The number of hydrogen-bond donors (Lipinski definition) is 1. The molecule has 1 fully saturated rings. The zero-order chi connectivity index (χ0) is 11.0. The van der Waals surface area contributed by atoms with E-state index in [2.05, 4.69) is 44.7 Å². The highest BCUT2D eigenvalue weighted by molar-refractivity contribution is 5.28. The van der Waals surface area contributed by atoms with Crippen molar-refractivity contribution in [2.75, 3.05) is 7.05 Å². The molecule has 0 amide bonds. The summed E-state index contributed by atoms with van der Waals surface area (Å²) in [6, 6.07) is 0. The van der Waals surface area contributed by atoms with Crippen LogP contribution in [0.1, 0.15) is 34.1 Å². The van der Waals surface area contributed by atoms with E-state index >= 15 is 0 Å². The molecule has 1 rings (SSSR count). The number of allylic oxidation sites excluding steroid dienone is 1. The molecule has 0 aromatic carbocycles. The maximum absolute atomic E-state index is 3.85. The maximum Gasteiger partial charge on any atom is 0.0453 e. The third-order valence-corrected chi connectivity index (χ3v) is 4.22. The van der Waals surface area contributed by atoms with Crippen LogP contribution in [0.2, 0.25) is 0 Å². The minimum Gasteiger partial charge on any atom is -0.390 e. The lowest BCUT2D eigenvalue weighted by molar-refractivity contribution is -0.0761. The van der Waals surface area contributed by atoms with Crippen LogP contribution >= 0.6 is 0 Å². The van der Waals surface area contributed by atoms with Crippen LogP contribution < -0.4 is 5.32 Å². The van der Waals surface area contributed by atoms with Gasteiger partial charge in [0.05, 0.1) is 0 Å². The van der Waals surface area contributed by atoms with Crippen molar-refractivity contribution in [1.82, 2.24) is 5.32 Å². The van der Waals surface area contributed by atoms with Crippen molar-refractivity contribution >= 4 is 6.72 Å². The molecule has 2 heteroatoms. The van der Waals surface area contributed by atoms with E-state index in [1.54, 1.807) is 0 Å². The summed E-state index contributed by atoms with van der Waals surface area (Å²) in [7, 11) is 1.96. The molecule has 0 heterocycles. The minimum absolute atomic E-state index is 0.340. The average molecular weight is 194 g/mol. The predicted molar refractivity (Wildman–Crippen MR) is 62.4 cm³/mol. The summed E-state index contributed by atoms with van der Waals surface area (Å²) >= 11 is 0. The molecule has 0 aromatic heterocycles. The highest BCUT2D eigenvalue weighted by Gasteiger charge is 2.54. The van der Waals surface area contributed by atoms with Crippen LogP contribution in [0.5, 0.6) is 0 Å². The molecule has 0 aromatic rings. The van der Waals surface area contributed by atoms with E-state index in [0.29, 0.717) is 16.7 Å². The van der Waals surface area contributed by atoms with Gasteiger partial charge in [-0.05, 0) is 24.0 Å². The lowest BCUT2D eigenvalue weighted by atomic mass is 9.46. The van der Waals surface area contributed by atoms with Crippen LogP contribution in [0, 0.1) is 16.7 Å². The molecule has 1 aliphatic rings. The minimum atomic E-state index is 0.340. The first-order valence-electron chi connectivity index (χ1n) is 5.20. The monoisotopic (exact) mass is 194 g/mol. The average Bonchev–Trinajstić information content (AvgIpc) is 2.11. The second-order valence-corrected chi connectivity index (χ2v) is 5.38. The summed E-state index contributed by atoms with van der Waals surface area (Å²) in [5.74, 6) is 0.591. The lowest BCUT2D eigenvalue weighted by Gasteiger charge is -2.59. The van der Waals surface area contributed by atoms with Gasteiger partial charge in [-0.25, -0.2) is 0 Å². The first-order chi connectivity index (χ1) is 6.36. The highest BCUT2D eigenvalue weighted by atomic mass is 14.9. The third-order valence-electron chi connectivity index (χ3n) is 4.22. The molecule has 0 saturated heterocycles. The molecule has 0 radical (unpaired) electrons. The second-order valence-electron chi connectivity index (χ2n) is 5.38. The Kier molecular flexibility index (Phi) is 2.75. The number of hydrogen-bond acceptors (Lipinski definition) is 2. The Morgan fingerprint density at radius 2 is 2.00 bits per heavy atom. The fourth-order valence-electron chi connectivity index (χ4n) is 2.29. The van der Waals surface area contributed by atoms with Crippen LogP contribution in [0.25, 0.3) is 0 Å². The summed E-state index contributed by atoms with van der Waals surface area (Å²) in [5, 5.41) is 3.23. The largest absolute Gasteiger partial charge is 0.390 e. The van der Waals surface area contributed by atoms with Gasteiger partial charge in [0.15, 0.2) is 0 Å². The third kappa shape index (κ3) is 1.47. The van der Waals surface area contributed by atoms with E-state index in [-0.39, 0.29) is 0 Å². The van der Waals surface area contributed by atoms with Crippen LogP contribution in [-0.2, 0) is 0 Å². The summed E-state index contributed by atoms with van der Waals surface area (Å²) < 4.78 is 0. The predicted octanol–water partition coefficient (Wildman–Crippen LogP) is 2.82. The van der Waals surface area contributed by atoms with Gasteiger partial charge >= 0.3 is 0 Å². The first-order valence-corrected chi connectivity index (χ1v) is 5.20. The van der Waals surface area contributed by atoms with Crippen molar-refractivity contribution in [1.29, 1.82) is 0 Å². The Hall–Kier alpha value is -0.790. The molecule has 14 heavy (non-hydrogen) atoms. The van der Waals surface area contributed by atoms with Gasteiger partial charge in [0, 0.05) is 24.9 Å². The molecule has 80 valence electrons. The van der Waals surface area contributed by atoms with Crippen molar-refractivity contribution in [2.45, 2.75) is 34.1 Å². The SMILES string of the molecule is C=N/C=C(/NC)C1CC(C)(C)C1(C)C. The van der Waals surface area contributed by atoms with E-state index in [0.717, 1.165) is 0 Å². The van der Waals surface area contributed by atoms with Crippen molar-refractivity contribution < 1.29 is 0 Å². The molecule has 1 aliphatic carbocycles. The highest BCUT2D eigenvalue weighted by Crippen LogP contribution is 2.61. The molecule has 1 saturated carbocycles. The van der Waals surface area contributed by atoms with Crippen LogP contribution in [0.3, 0.4) is 0 Å². The number of aliphatic imine (C=N–C) groups is 1. The van der Waals surface area contributed by atoms with Gasteiger partial charge in [-0.15, -0.1) is 0 Å². The van der Waals surface area contributed by atoms with Crippen LogP contribution in [0.15, 0.2) is 16.9 Å². The number of rotatable bonds is 3. The van der Waals surface area contributed by atoms with E-state index in [4.69, 9.17) is 0 Å². The maximum atomic E-state index is 3.85. The summed E-state index contributed by atoms with van der Waals surface area (Å²) in [6.07, 6.45) is 3.07. The van der Waals surface area contributed by atoms with Crippen molar-refractivity contribution in [3.63, 3.8) is 0 Å². The Morgan fingerprint density at radius 1 is 1.43 bits per heavy atom. The fourth-order valence-corrected chi connectivity index (χ4v) is 2.29. The molecular weight excluding hydrogens is 172 g/mol. The van der Waals surface area contributed by atoms with Crippen molar-refractivity contribution in [2.24, 2.45) is 21.7 Å². The number of nitrogens with one attached hydrogen (secondary N) is 1. The normalized spacial score (nSPS) is 29.2. The molecule has 2 nitrogen and oxygen atoms in total. The van der Waals surface area contributed by atoms with E-state index in [9.17, 15) is 0 Å². The van der Waals surface area contributed by atoms with Gasteiger partial charge in [0.2, 0.25) is 0 Å². The van der Waals surface area contributed by atoms with Gasteiger partial charge in [0.25, 0.3) is 0 Å². The summed E-state index contributed by atoms with van der Waals surface area (Å²) in [5.41, 5.74) is 1.98. The quantitative estimate of drug-likeness (QED) is 0.686. The van der Waals surface area contributed by atoms with Gasteiger partial charge in [0.1, 0.15) is 0 Å². The summed E-state index contributed by atoms with van der Waals surface area (Å²) in [6.45, 7) is 12.8. The topological polar surface area (TPSA) is 24.4 Å². The Labute approximate surface area is 87.5 Å². The molecule has 1 atom stereocenters. The fraction of sp³-hybridized carbons (Fsp3) is 0.750. The standard InChI is InChI=1S/C12H22N2/c1-11(2)7-9(12(11,3)4)10(14-6)8-13-5/h8-9,14H,5,7H2,1-4,6H3/b10-8+. The second kappa shape index (κ2) is 3.41. The molecule has 1 unspecified atom stereocenters. The molecule has 0 spiro atoms. The van der Waals surface area contributed by atoms with Crippen LogP contribution in [0.4, 0.5) is 0 Å². The lowest BCUT2D eigenvalue weighted by Crippen LogP contribution is -2.53. The van der Waals surface area contributed by atoms with Crippen LogP contribution in [-0.4, -0.2) is 13.8 Å². The summed E-state index contributed by atoms with van der Waals surface area (Å²) in [4.78, 5) is 3.85. The van der Waals surface area contributed by atoms with Gasteiger partial charge in [-0.3, -0.25) is 4.99 Å². The smallest absolute Gasteiger partial charge is 0.0453 e. The Balaban J connectivity index is 2.84. The Morgan fingerprint density at radius 3 is 2.29 bits per heavy atom. The Bertz CT molecular complexity index is 261. The zero-order valence-electron chi connectivity index (χ0n) is 10.0. The van der Waals surface area contributed by atoms with E-state index in [1.807, 2.05) is 13.2 Å². The van der Waals surface area contributed by atoms with Gasteiger partial charge in [-0.1, -0.05) is 27.7 Å². The van der Waals surface area contributed by atoms with E-state index in [1.165, 1.54) is 12.1 Å². The van der Waals surface area contributed by atoms with Crippen molar-refractivity contribution in [3.05, 3.63) is 11.9 Å². The molecular formula is C12H22N2.